The molecule has 106 valence electrons. The molecule has 2 rings (SSSR count). The molecule has 0 saturated carbocycles. The van der Waals surface area contributed by atoms with Crippen LogP contribution in [0.15, 0.2) is 0 Å². The highest BCUT2D eigenvalue weighted by Gasteiger charge is 2.36. The molecule has 0 aromatic carbocycles. The Morgan fingerprint density at radius 3 is 2.79 bits per heavy atom. The number of carbonyl (C=O) groups is 1. The lowest BCUT2D eigenvalue weighted by atomic mass is 10.2. The Bertz CT molecular complexity index is 596. The molecule has 1 atom stereocenters. The zero-order chi connectivity index (χ0) is 14.2. The van der Waals surface area contributed by atoms with Crippen LogP contribution in [0.1, 0.15) is 16.2 Å². The predicted molar refractivity (Wildman–Crippen MR) is 74.7 cm³/mol. The normalized spacial score (nSPS) is 20.5. The lowest BCUT2D eigenvalue weighted by Gasteiger charge is -2.33. The number of nitrogens with two attached hydrogens (primary N) is 1. The van der Waals surface area contributed by atoms with Gasteiger partial charge in [-0.05, 0) is 6.92 Å². The Labute approximate surface area is 115 Å². The van der Waals surface area contributed by atoms with E-state index in [-0.39, 0.29) is 11.4 Å². The first-order valence-electron chi connectivity index (χ1n) is 5.70. The number of amides is 1. The van der Waals surface area contributed by atoms with Crippen molar-refractivity contribution in [1.29, 1.82) is 0 Å². The molecule has 1 unspecified atom stereocenters. The fourth-order valence-corrected chi connectivity index (χ4v) is 4.72. The summed E-state index contributed by atoms with van der Waals surface area (Å²) in [7, 11) is -3.33. The molecular formula is C10H16N4O3S2. The van der Waals surface area contributed by atoms with E-state index in [0.717, 1.165) is 6.26 Å². The van der Waals surface area contributed by atoms with E-state index >= 15 is 0 Å². The van der Waals surface area contributed by atoms with Gasteiger partial charge in [0, 0.05) is 24.3 Å². The summed E-state index contributed by atoms with van der Waals surface area (Å²) in [5.74, 6) is 0.659. The number of aromatic amines is 1. The first kappa shape index (κ1) is 14.2. The third-order valence-corrected chi connectivity index (χ3v) is 5.68. The maximum atomic E-state index is 12.4. The number of carbonyl (C=O) groups excluding carboxylic acids is 1. The van der Waals surface area contributed by atoms with Crippen LogP contribution in [0.25, 0.3) is 0 Å². The monoisotopic (exact) mass is 304 g/mol. The van der Waals surface area contributed by atoms with Crippen LogP contribution >= 0.6 is 11.8 Å². The van der Waals surface area contributed by atoms with E-state index in [1.807, 2.05) is 0 Å². The SMILES string of the molecule is Cc1[nH]nc(C(=O)N2CCSCC2S(C)(=O)=O)c1N. The van der Waals surface area contributed by atoms with Gasteiger partial charge in [-0.2, -0.15) is 16.9 Å². The number of hydrogen-bond acceptors (Lipinski definition) is 6. The number of nitrogen functional groups attached to an aromatic ring is 1. The van der Waals surface area contributed by atoms with Crippen molar-refractivity contribution < 1.29 is 13.2 Å². The third kappa shape index (κ3) is 2.71. The molecule has 1 aliphatic rings. The molecule has 1 saturated heterocycles. The van der Waals surface area contributed by atoms with Crippen LogP contribution in [0, 0.1) is 6.92 Å². The average molecular weight is 304 g/mol. The first-order valence-corrected chi connectivity index (χ1v) is 8.81. The molecule has 2 heterocycles. The Kier molecular flexibility index (Phi) is 3.77. The smallest absolute Gasteiger partial charge is 0.277 e. The highest BCUT2D eigenvalue weighted by molar-refractivity contribution is 8.00. The van der Waals surface area contributed by atoms with Gasteiger partial charge in [-0.3, -0.25) is 9.89 Å². The van der Waals surface area contributed by atoms with E-state index in [0.29, 0.717) is 23.7 Å². The summed E-state index contributed by atoms with van der Waals surface area (Å²) in [5, 5.41) is 5.69. The summed E-state index contributed by atoms with van der Waals surface area (Å²) in [4.78, 5) is 13.7. The zero-order valence-electron chi connectivity index (χ0n) is 10.7. The molecule has 9 heteroatoms. The fraction of sp³-hybridized carbons (Fsp3) is 0.600. The topological polar surface area (TPSA) is 109 Å². The van der Waals surface area contributed by atoms with Crippen LogP contribution in [0.4, 0.5) is 5.69 Å². The van der Waals surface area contributed by atoms with Crippen LogP contribution in [-0.2, 0) is 9.84 Å². The van der Waals surface area contributed by atoms with Gasteiger partial charge in [0.25, 0.3) is 5.91 Å². The number of thioether (sulfide) groups is 1. The van der Waals surface area contributed by atoms with Crippen molar-refractivity contribution in [1.82, 2.24) is 15.1 Å². The van der Waals surface area contributed by atoms with Crippen LogP contribution in [0.5, 0.6) is 0 Å². The molecule has 3 N–H and O–H groups in total. The number of hydrogen-bond donors (Lipinski definition) is 2. The Balaban J connectivity index is 2.33. The van der Waals surface area contributed by atoms with Crippen molar-refractivity contribution in [3.8, 4) is 0 Å². The average Bonchev–Trinajstić information content (AvgIpc) is 2.68. The summed E-state index contributed by atoms with van der Waals surface area (Å²) >= 11 is 1.52. The second-order valence-electron chi connectivity index (χ2n) is 4.47. The molecule has 0 bridgehead atoms. The second-order valence-corrected chi connectivity index (χ2v) is 7.82. The van der Waals surface area contributed by atoms with Crippen molar-refractivity contribution in [3.63, 3.8) is 0 Å². The van der Waals surface area contributed by atoms with Gasteiger partial charge in [0.1, 0.15) is 5.37 Å². The minimum absolute atomic E-state index is 0.0954. The van der Waals surface area contributed by atoms with Gasteiger partial charge in [-0.25, -0.2) is 8.42 Å². The second kappa shape index (κ2) is 5.04. The van der Waals surface area contributed by atoms with E-state index in [9.17, 15) is 13.2 Å². The summed E-state index contributed by atoms with van der Waals surface area (Å²) < 4.78 is 23.5. The number of sulfone groups is 1. The van der Waals surface area contributed by atoms with Crippen LogP contribution in [0.3, 0.4) is 0 Å². The van der Waals surface area contributed by atoms with Gasteiger partial charge >= 0.3 is 0 Å². The minimum atomic E-state index is -3.33. The number of nitrogens with one attached hydrogen (secondary N) is 1. The summed E-state index contributed by atoms with van der Waals surface area (Å²) in [5.41, 5.74) is 6.74. The highest BCUT2D eigenvalue weighted by atomic mass is 32.2. The quantitative estimate of drug-likeness (QED) is 0.787. The number of rotatable bonds is 2. The van der Waals surface area contributed by atoms with E-state index < -0.39 is 21.1 Å². The Hall–Kier alpha value is -1.22. The third-order valence-electron chi connectivity index (χ3n) is 3.04. The predicted octanol–water partition coefficient (Wildman–Crippen LogP) is -0.140. The molecule has 0 spiro atoms. The van der Waals surface area contributed by atoms with Crippen molar-refractivity contribution in [3.05, 3.63) is 11.4 Å². The number of aryl methyl sites for hydroxylation is 1. The first-order chi connectivity index (χ1) is 8.82. The van der Waals surface area contributed by atoms with Crippen molar-refractivity contribution >= 4 is 33.2 Å². The summed E-state index contributed by atoms with van der Waals surface area (Å²) in [6.07, 6.45) is 1.14. The molecule has 7 nitrogen and oxygen atoms in total. The van der Waals surface area contributed by atoms with Crippen molar-refractivity contribution in [2.45, 2.75) is 12.3 Å². The van der Waals surface area contributed by atoms with Crippen molar-refractivity contribution in [2.24, 2.45) is 0 Å². The lowest BCUT2D eigenvalue weighted by molar-refractivity contribution is 0.0744. The van der Waals surface area contributed by atoms with E-state index in [1.54, 1.807) is 6.92 Å². The maximum Gasteiger partial charge on any atom is 0.277 e. The van der Waals surface area contributed by atoms with Gasteiger partial charge in [-0.1, -0.05) is 0 Å². The molecule has 0 radical (unpaired) electrons. The minimum Gasteiger partial charge on any atom is -0.395 e. The summed E-state index contributed by atoms with van der Waals surface area (Å²) in [6.45, 7) is 2.09. The molecule has 1 fully saturated rings. The molecule has 19 heavy (non-hydrogen) atoms. The Morgan fingerprint density at radius 1 is 1.58 bits per heavy atom. The van der Waals surface area contributed by atoms with Crippen LogP contribution in [0.2, 0.25) is 0 Å². The Morgan fingerprint density at radius 2 is 2.26 bits per heavy atom. The standard InChI is InChI=1S/C10H16N4O3S2/c1-6-8(11)9(13-12-6)10(15)14-3-4-18-5-7(14)19(2,16)17/h7H,3-5,11H2,1-2H3,(H,12,13). The largest absolute Gasteiger partial charge is 0.395 e. The number of aromatic nitrogens is 2. The van der Waals surface area contributed by atoms with Gasteiger partial charge < -0.3 is 10.6 Å². The van der Waals surface area contributed by atoms with Crippen LogP contribution in [-0.4, -0.2) is 59.1 Å². The van der Waals surface area contributed by atoms with E-state index in [4.69, 9.17) is 5.73 Å². The van der Waals surface area contributed by atoms with Gasteiger partial charge in [0.05, 0.1) is 11.4 Å². The lowest BCUT2D eigenvalue weighted by Crippen LogP contribution is -2.50. The molecule has 0 aliphatic carbocycles. The molecule has 1 aromatic rings. The fourth-order valence-electron chi connectivity index (χ4n) is 1.90. The molecule has 1 amide bonds. The van der Waals surface area contributed by atoms with Gasteiger partial charge in [-0.15, -0.1) is 0 Å². The number of anilines is 1. The highest BCUT2D eigenvalue weighted by Crippen LogP contribution is 2.24. The molecular weight excluding hydrogens is 288 g/mol. The number of nitrogens with zero attached hydrogens (tertiary/aromatic N) is 2. The molecule has 1 aromatic heterocycles. The maximum absolute atomic E-state index is 12.4. The summed E-state index contributed by atoms with van der Waals surface area (Å²) in [6, 6.07) is 0. The van der Waals surface area contributed by atoms with Gasteiger partial charge in [0.15, 0.2) is 15.5 Å². The van der Waals surface area contributed by atoms with Gasteiger partial charge in [0.2, 0.25) is 0 Å². The zero-order valence-corrected chi connectivity index (χ0v) is 12.3. The van der Waals surface area contributed by atoms with E-state index in [1.165, 1.54) is 16.7 Å². The number of H-pyrrole nitrogens is 1. The van der Waals surface area contributed by atoms with E-state index in [2.05, 4.69) is 10.2 Å². The molecule has 1 aliphatic heterocycles. The van der Waals surface area contributed by atoms with Crippen molar-refractivity contribution in [2.75, 3.05) is 30.0 Å². The van der Waals surface area contributed by atoms with Crippen LogP contribution < -0.4 is 5.73 Å².